The summed E-state index contributed by atoms with van der Waals surface area (Å²) in [5.41, 5.74) is 1.80. The van der Waals surface area contributed by atoms with Gasteiger partial charge in [-0.05, 0) is 47.5 Å². The van der Waals surface area contributed by atoms with Gasteiger partial charge in [0.05, 0.1) is 0 Å². The largest absolute Gasteiger partial charge is 0.313 e. The number of aryl methyl sites for hydroxylation is 1. The molecular weight excluding hydrogens is 280 g/mol. The van der Waals surface area contributed by atoms with Crippen LogP contribution in [0, 0.1) is 6.92 Å². The Bertz CT molecular complexity index is 451. The van der Waals surface area contributed by atoms with Gasteiger partial charge in [-0.15, -0.1) is 0 Å². The van der Waals surface area contributed by atoms with Crippen molar-refractivity contribution in [3.8, 4) is 0 Å². The molecule has 1 N–H and O–H groups in total. The molecule has 1 aromatic heterocycles. The maximum atomic E-state index is 11.9. The topological polar surface area (TPSA) is 34.0 Å². The summed E-state index contributed by atoms with van der Waals surface area (Å²) in [6.45, 7) is 10.2. The maximum absolute atomic E-state index is 11.9. The third-order valence-electron chi connectivity index (χ3n) is 2.43. The highest BCUT2D eigenvalue weighted by molar-refractivity contribution is 9.10. The summed E-state index contributed by atoms with van der Waals surface area (Å²) in [5, 5.41) is 3.28. The molecule has 0 fully saturated rings. The van der Waals surface area contributed by atoms with Gasteiger partial charge in [-0.3, -0.25) is 4.79 Å². The third-order valence-corrected chi connectivity index (χ3v) is 2.86. The fraction of sp³-hybridized carbons (Fsp3) is 0.462. The first-order chi connectivity index (χ1) is 8.04. The van der Waals surface area contributed by atoms with Crippen LogP contribution >= 0.6 is 15.9 Å². The standard InChI is InChI=1S/C13H19BrN2O/c1-4-5-15-7-10(2)8-16-9-12(14)6-11(3)13(16)17/h6,9,15H,2,4-5,7-8H2,1,3H3. The van der Waals surface area contributed by atoms with Gasteiger partial charge in [0.1, 0.15) is 0 Å². The van der Waals surface area contributed by atoms with Crippen LogP contribution in [-0.4, -0.2) is 17.7 Å². The Kier molecular flexibility index (Phi) is 5.65. The molecule has 1 heterocycles. The van der Waals surface area contributed by atoms with Crippen molar-refractivity contribution in [1.29, 1.82) is 0 Å². The van der Waals surface area contributed by atoms with E-state index in [-0.39, 0.29) is 5.56 Å². The van der Waals surface area contributed by atoms with Crippen LogP contribution < -0.4 is 10.9 Å². The Morgan fingerprint density at radius 1 is 1.59 bits per heavy atom. The van der Waals surface area contributed by atoms with Crippen molar-refractivity contribution in [2.75, 3.05) is 13.1 Å². The summed E-state index contributed by atoms with van der Waals surface area (Å²) >= 11 is 3.40. The Balaban J connectivity index is 2.68. The molecule has 4 heteroatoms. The third kappa shape index (κ3) is 4.48. The van der Waals surface area contributed by atoms with Crippen LogP contribution in [0.5, 0.6) is 0 Å². The second kappa shape index (κ2) is 6.77. The first-order valence-electron chi connectivity index (χ1n) is 5.78. The highest BCUT2D eigenvalue weighted by Crippen LogP contribution is 2.08. The van der Waals surface area contributed by atoms with Gasteiger partial charge in [0.25, 0.3) is 5.56 Å². The molecule has 0 saturated heterocycles. The summed E-state index contributed by atoms with van der Waals surface area (Å²) in [4.78, 5) is 11.9. The number of hydrogen-bond donors (Lipinski definition) is 1. The summed E-state index contributed by atoms with van der Waals surface area (Å²) in [5.74, 6) is 0. The highest BCUT2D eigenvalue weighted by atomic mass is 79.9. The van der Waals surface area contributed by atoms with E-state index in [9.17, 15) is 4.79 Å². The number of rotatable bonds is 6. The molecule has 3 nitrogen and oxygen atoms in total. The quantitative estimate of drug-likeness (QED) is 0.647. The van der Waals surface area contributed by atoms with Crippen molar-refractivity contribution in [3.63, 3.8) is 0 Å². The van der Waals surface area contributed by atoms with Crippen LogP contribution in [0.4, 0.5) is 0 Å². The number of halogens is 1. The molecule has 0 spiro atoms. The molecule has 0 aliphatic rings. The molecule has 0 aliphatic heterocycles. The first kappa shape index (κ1) is 14.2. The molecule has 0 bridgehead atoms. The molecule has 0 saturated carbocycles. The van der Waals surface area contributed by atoms with Gasteiger partial charge in [0.15, 0.2) is 0 Å². The lowest BCUT2D eigenvalue weighted by atomic mass is 10.2. The smallest absolute Gasteiger partial charge is 0.253 e. The van der Waals surface area contributed by atoms with Crippen LogP contribution in [0.25, 0.3) is 0 Å². The van der Waals surface area contributed by atoms with Crippen molar-refractivity contribution < 1.29 is 0 Å². The molecule has 1 aromatic rings. The number of hydrogen-bond acceptors (Lipinski definition) is 2. The Morgan fingerprint density at radius 3 is 2.94 bits per heavy atom. The minimum atomic E-state index is 0.0461. The molecular formula is C13H19BrN2O. The zero-order valence-electron chi connectivity index (χ0n) is 10.4. The Hall–Kier alpha value is -0.870. The number of nitrogens with zero attached hydrogens (tertiary/aromatic N) is 1. The SMILES string of the molecule is C=C(CNCCC)Cn1cc(Br)cc(C)c1=O. The maximum Gasteiger partial charge on any atom is 0.253 e. The van der Waals surface area contributed by atoms with Crippen LogP contribution in [0.2, 0.25) is 0 Å². The lowest BCUT2D eigenvalue weighted by Gasteiger charge is -2.10. The van der Waals surface area contributed by atoms with E-state index < -0.39 is 0 Å². The molecule has 0 aromatic carbocycles. The van der Waals surface area contributed by atoms with Gasteiger partial charge in [0, 0.05) is 29.3 Å². The van der Waals surface area contributed by atoms with Gasteiger partial charge in [-0.2, -0.15) is 0 Å². The Morgan fingerprint density at radius 2 is 2.29 bits per heavy atom. The van der Waals surface area contributed by atoms with E-state index in [0.29, 0.717) is 6.54 Å². The summed E-state index contributed by atoms with van der Waals surface area (Å²) in [7, 11) is 0. The molecule has 0 atom stereocenters. The fourth-order valence-corrected chi connectivity index (χ4v) is 2.19. The molecule has 0 aliphatic carbocycles. The fourth-order valence-electron chi connectivity index (χ4n) is 1.60. The number of pyridine rings is 1. The molecule has 17 heavy (non-hydrogen) atoms. The van der Waals surface area contributed by atoms with Gasteiger partial charge in [-0.1, -0.05) is 13.5 Å². The van der Waals surface area contributed by atoms with E-state index in [1.165, 1.54) is 0 Å². The van der Waals surface area contributed by atoms with E-state index in [1.54, 1.807) is 10.8 Å². The minimum Gasteiger partial charge on any atom is -0.313 e. The van der Waals surface area contributed by atoms with Crippen LogP contribution in [0.3, 0.4) is 0 Å². The van der Waals surface area contributed by atoms with Crippen molar-refractivity contribution in [1.82, 2.24) is 9.88 Å². The normalized spacial score (nSPS) is 10.5. The van der Waals surface area contributed by atoms with E-state index in [1.807, 2.05) is 13.0 Å². The van der Waals surface area contributed by atoms with E-state index in [2.05, 4.69) is 34.7 Å². The monoisotopic (exact) mass is 298 g/mol. The molecule has 94 valence electrons. The van der Waals surface area contributed by atoms with Crippen molar-refractivity contribution >= 4 is 15.9 Å². The van der Waals surface area contributed by atoms with Gasteiger partial charge >= 0.3 is 0 Å². The summed E-state index contributed by atoms with van der Waals surface area (Å²) in [6, 6.07) is 1.83. The zero-order valence-corrected chi connectivity index (χ0v) is 12.0. The first-order valence-corrected chi connectivity index (χ1v) is 6.58. The van der Waals surface area contributed by atoms with Crippen LogP contribution in [0.15, 0.2) is 33.7 Å². The number of nitrogens with one attached hydrogen (secondary N) is 1. The zero-order chi connectivity index (χ0) is 12.8. The minimum absolute atomic E-state index is 0.0461. The predicted octanol–water partition coefficient (Wildman–Crippen LogP) is 2.48. The average Bonchev–Trinajstić information content (AvgIpc) is 2.25. The van der Waals surface area contributed by atoms with Crippen molar-refractivity contribution in [2.45, 2.75) is 26.8 Å². The van der Waals surface area contributed by atoms with E-state index in [0.717, 1.165) is 35.1 Å². The molecule has 0 unspecified atom stereocenters. The van der Waals surface area contributed by atoms with E-state index in [4.69, 9.17) is 0 Å². The lowest BCUT2D eigenvalue weighted by Crippen LogP contribution is -2.26. The van der Waals surface area contributed by atoms with Crippen LogP contribution in [-0.2, 0) is 6.54 Å². The second-order valence-electron chi connectivity index (χ2n) is 4.20. The summed E-state index contributed by atoms with van der Waals surface area (Å²) < 4.78 is 2.61. The second-order valence-corrected chi connectivity index (χ2v) is 5.12. The molecule has 1 rings (SSSR count). The van der Waals surface area contributed by atoms with Crippen molar-refractivity contribution in [3.05, 3.63) is 44.8 Å². The van der Waals surface area contributed by atoms with E-state index >= 15 is 0 Å². The van der Waals surface area contributed by atoms with Gasteiger partial charge < -0.3 is 9.88 Å². The lowest BCUT2D eigenvalue weighted by molar-refractivity contribution is 0.661. The van der Waals surface area contributed by atoms with Gasteiger partial charge in [-0.25, -0.2) is 0 Å². The molecule has 0 amide bonds. The highest BCUT2D eigenvalue weighted by Gasteiger charge is 2.03. The van der Waals surface area contributed by atoms with Gasteiger partial charge in [0.2, 0.25) is 0 Å². The molecule has 0 radical (unpaired) electrons. The Labute approximate surface area is 111 Å². The predicted molar refractivity (Wildman–Crippen MR) is 75.4 cm³/mol. The average molecular weight is 299 g/mol. The number of aromatic nitrogens is 1. The van der Waals surface area contributed by atoms with Crippen LogP contribution in [0.1, 0.15) is 18.9 Å². The summed E-state index contributed by atoms with van der Waals surface area (Å²) in [6.07, 6.45) is 2.91. The van der Waals surface area contributed by atoms with Crippen molar-refractivity contribution in [2.24, 2.45) is 0 Å².